The van der Waals surface area contributed by atoms with Crippen molar-refractivity contribution in [2.24, 2.45) is 0 Å². The molecule has 15 atom stereocenters. The summed E-state index contributed by atoms with van der Waals surface area (Å²) in [5.41, 5.74) is -1.68. The van der Waals surface area contributed by atoms with Crippen LogP contribution in [0.2, 0.25) is 0 Å². The molecule has 14 N–H and O–H groups in total. The molecule has 6 rings (SSSR count). The Morgan fingerprint density at radius 2 is 1.09 bits per heavy atom. The zero-order valence-corrected chi connectivity index (χ0v) is 28.2. The predicted octanol–water partition coefficient (Wildman–Crippen LogP) is -5.24. The highest BCUT2D eigenvalue weighted by molar-refractivity contribution is 5.88. The molecule has 3 fully saturated rings. The molecule has 0 unspecified atom stereocenters. The minimum Gasteiger partial charge on any atom is -0.507 e. The predicted molar refractivity (Wildman–Crippen MR) is 174 cm³/mol. The highest BCUT2D eigenvalue weighted by atomic mass is 16.7. The first-order valence-electron chi connectivity index (χ1n) is 16.7. The van der Waals surface area contributed by atoms with Crippen molar-refractivity contribution in [3.63, 3.8) is 0 Å². The quantitative estimate of drug-likeness (QED) is 0.0853. The molecule has 304 valence electrons. The van der Waals surface area contributed by atoms with Crippen LogP contribution in [0.4, 0.5) is 0 Å². The third-order valence-corrected chi connectivity index (χ3v) is 9.42. The zero-order valence-electron chi connectivity index (χ0n) is 28.2. The molecule has 1 aromatic heterocycles. The SMILES string of the molecule is O=c1c(O[C@@H]2O[C@H](CO)[C@H](O)[C@H](O)[C@@H]2O)c(-c2ccc(O)c(O)c2)oc2cc(O[C@@H]3O[C@H](CO[C@@H]4O[C@H](CO)[C@H](O)[C@H](O)[C@@H]4O)[C@H](O)[C@H](O)[C@H]3O)cc(O)c12. The van der Waals surface area contributed by atoms with Gasteiger partial charge in [0.1, 0.15) is 95.7 Å². The normalized spacial score (nSPS) is 36.8. The van der Waals surface area contributed by atoms with Gasteiger partial charge in [-0.3, -0.25) is 4.79 Å². The zero-order chi connectivity index (χ0) is 40.0. The average Bonchev–Trinajstić information content (AvgIpc) is 3.16. The molecule has 3 saturated heterocycles. The molecule has 2 aromatic carbocycles. The van der Waals surface area contributed by atoms with Gasteiger partial charge in [-0.25, -0.2) is 0 Å². The molecule has 55 heavy (non-hydrogen) atoms. The molecule has 3 aromatic rings. The van der Waals surface area contributed by atoms with E-state index in [1.165, 1.54) is 6.07 Å². The van der Waals surface area contributed by atoms with Crippen molar-refractivity contribution in [1.29, 1.82) is 0 Å². The van der Waals surface area contributed by atoms with E-state index in [2.05, 4.69) is 0 Å². The van der Waals surface area contributed by atoms with Gasteiger partial charge in [0.05, 0.1) is 19.8 Å². The third-order valence-electron chi connectivity index (χ3n) is 9.42. The number of hydrogen-bond donors (Lipinski definition) is 14. The second-order valence-electron chi connectivity index (χ2n) is 13.1. The first kappa shape index (κ1) is 40.7. The molecular weight excluding hydrogens is 748 g/mol. The average molecular weight is 789 g/mol. The number of rotatable bonds is 10. The molecular formula is C33H40O22. The smallest absolute Gasteiger partial charge is 0.239 e. The van der Waals surface area contributed by atoms with Crippen LogP contribution in [0.3, 0.4) is 0 Å². The number of phenolic OH excluding ortho intramolecular Hbond substituents is 3. The summed E-state index contributed by atoms with van der Waals surface area (Å²) < 4.78 is 38.9. The molecule has 0 saturated carbocycles. The second-order valence-corrected chi connectivity index (χ2v) is 13.1. The van der Waals surface area contributed by atoms with Crippen molar-refractivity contribution in [3.8, 4) is 40.1 Å². The summed E-state index contributed by atoms with van der Waals surface area (Å²) >= 11 is 0. The van der Waals surface area contributed by atoms with E-state index in [1.807, 2.05) is 0 Å². The van der Waals surface area contributed by atoms with Crippen LogP contribution in [0.1, 0.15) is 0 Å². The van der Waals surface area contributed by atoms with Gasteiger partial charge in [-0.1, -0.05) is 0 Å². The molecule has 22 nitrogen and oxygen atoms in total. The van der Waals surface area contributed by atoms with Gasteiger partial charge in [-0.05, 0) is 18.2 Å². The number of hydrogen-bond acceptors (Lipinski definition) is 22. The van der Waals surface area contributed by atoms with Gasteiger partial charge < -0.3 is 104 Å². The van der Waals surface area contributed by atoms with Crippen LogP contribution in [-0.4, -0.2) is 183 Å². The molecule has 0 radical (unpaired) electrons. The maximum absolute atomic E-state index is 13.9. The van der Waals surface area contributed by atoms with Crippen molar-refractivity contribution in [2.45, 2.75) is 92.1 Å². The lowest BCUT2D eigenvalue weighted by molar-refractivity contribution is -0.323. The standard InChI is InChI=1S/C33H40O22/c34-6-15-19(39)23(43)26(46)31(52-15)49-8-17-21(41)25(45)27(47)32(54-17)50-10-4-13(38)18-14(5-10)51-29(9-1-2-11(36)12(37)3-9)30(22(18)42)55-33-28(48)24(44)20(40)16(7-35)53-33/h1-5,15-17,19-21,23-28,31-41,43-48H,6-8H2/t15-,16-,17-,19+,20+,21+,23+,24+,25+,26+,27-,28+,31-,32-,33+/m1/s1. The van der Waals surface area contributed by atoms with E-state index >= 15 is 0 Å². The lowest BCUT2D eigenvalue weighted by Crippen LogP contribution is -2.62. The van der Waals surface area contributed by atoms with Gasteiger partial charge in [0.15, 0.2) is 23.5 Å². The van der Waals surface area contributed by atoms with Crippen LogP contribution in [-0.2, 0) is 18.9 Å². The maximum atomic E-state index is 13.9. The van der Waals surface area contributed by atoms with Crippen LogP contribution in [0.25, 0.3) is 22.3 Å². The van der Waals surface area contributed by atoms with Crippen LogP contribution in [0, 0.1) is 0 Å². The summed E-state index contributed by atoms with van der Waals surface area (Å²) in [5.74, 6) is -3.69. The molecule has 22 heteroatoms. The Hall–Kier alpha value is -3.95. The minimum absolute atomic E-state index is 0.120. The van der Waals surface area contributed by atoms with E-state index < -0.39 is 157 Å². The Kier molecular flexibility index (Phi) is 12.0. The summed E-state index contributed by atoms with van der Waals surface area (Å²) in [6.45, 7) is -2.26. The van der Waals surface area contributed by atoms with E-state index in [1.54, 1.807) is 0 Å². The second kappa shape index (κ2) is 16.3. The first-order chi connectivity index (χ1) is 26.1. The molecule has 3 aliphatic rings. The van der Waals surface area contributed by atoms with E-state index in [0.717, 1.165) is 24.3 Å². The Labute approximate surface area is 307 Å². The number of fused-ring (bicyclic) bond motifs is 1. The minimum atomic E-state index is -1.99. The van der Waals surface area contributed by atoms with Crippen molar-refractivity contribution in [2.75, 3.05) is 19.8 Å². The highest BCUT2D eigenvalue weighted by Crippen LogP contribution is 2.40. The van der Waals surface area contributed by atoms with Gasteiger partial charge in [0.25, 0.3) is 0 Å². The van der Waals surface area contributed by atoms with E-state index in [-0.39, 0.29) is 11.3 Å². The first-order valence-corrected chi connectivity index (χ1v) is 16.7. The van der Waals surface area contributed by atoms with Crippen LogP contribution < -0.4 is 14.9 Å². The van der Waals surface area contributed by atoms with Crippen LogP contribution >= 0.6 is 0 Å². The van der Waals surface area contributed by atoms with Crippen molar-refractivity contribution in [3.05, 3.63) is 40.6 Å². The summed E-state index contributed by atoms with van der Waals surface area (Å²) in [6.07, 6.45) is -26.3. The van der Waals surface area contributed by atoms with Crippen molar-refractivity contribution >= 4 is 11.0 Å². The third kappa shape index (κ3) is 7.76. The van der Waals surface area contributed by atoms with Gasteiger partial charge in [-0.15, -0.1) is 0 Å². The fraction of sp³-hybridized carbons (Fsp3) is 0.545. The number of benzene rings is 2. The molecule has 0 amide bonds. The lowest BCUT2D eigenvalue weighted by Gasteiger charge is -2.42. The van der Waals surface area contributed by atoms with Gasteiger partial charge in [0.2, 0.25) is 23.8 Å². The van der Waals surface area contributed by atoms with E-state index in [9.17, 15) is 76.3 Å². The monoisotopic (exact) mass is 788 g/mol. The Balaban J connectivity index is 1.30. The number of aromatic hydroxyl groups is 3. The molecule has 0 aliphatic carbocycles. The Bertz CT molecular complexity index is 1870. The van der Waals surface area contributed by atoms with Gasteiger partial charge in [-0.2, -0.15) is 0 Å². The molecule has 0 bridgehead atoms. The number of aliphatic hydroxyl groups excluding tert-OH is 11. The number of aliphatic hydroxyl groups is 11. The summed E-state index contributed by atoms with van der Waals surface area (Å²) in [5, 5.41) is 143. The van der Waals surface area contributed by atoms with Gasteiger partial charge >= 0.3 is 0 Å². The summed E-state index contributed by atoms with van der Waals surface area (Å²) in [7, 11) is 0. The molecule has 4 heterocycles. The Morgan fingerprint density at radius 3 is 1.67 bits per heavy atom. The van der Waals surface area contributed by atoms with Gasteiger partial charge in [0, 0.05) is 17.7 Å². The van der Waals surface area contributed by atoms with Crippen LogP contribution in [0.15, 0.2) is 39.5 Å². The largest absolute Gasteiger partial charge is 0.507 e. The summed E-state index contributed by atoms with van der Waals surface area (Å²) in [6, 6.07) is 5.08. The molecule has 0 spiro atoms. The Morgan fingerprint density at radius 1 is 0.564 bits per heavy atom. The van der Waals surface area contributed by atoms with E-state index in [4.69, 9.17) is 32.8 Å². The number of ether oxygens (including phenoxy) is 6. The van der Waals surface area contributed by atoms with Crippen molar-refractivity contribution in [1.82, 2.24) is 0 Å². The topological polar surface area (TPSA) is 369 Å². The van der Waals surface area contributed by atoms with Crippen molar-refractivity contribution < 1.29 is 104 Å². The highest BCUT2D eigenvalue weighted by Gasteiger charge is 2.49. The molecule has 3 aliphatic heterocycles. The fourth-order valence-electron chi connectivity index (χ4n) is 6.25. The summed E-state index contributed by atoms with van der Waals surface area (Å²) in [4.78, 5) is 13.9. The van der Waals surface area contributed by atoms with E-state index in [0.29, 0.717) is 0 Å². The number of phenols is 3. The lowest BCUT2D eigenvalue weighted by atomic mass is 9.98. The fourth-order valence-corrected chi connectivity index (χ4v) is 6.25. The van der Waals surface area contributed by atoms with Crippen LogP contribution in [0.5, 0.6) is 28.7 Å². The maximum Gasteiger partial charge on any atom is 0.239 e.